The number of carboxylic acid groups (broad SMARTS) is 1. The molecule has 0 radical (unpaired) electrons. The molecule has 0 aliphatic rings. The first kappa shape index (κ1) is 16.6. The fraction of sp³-hybridized carbons (Fsp3) is 0.357. The monoisotopic (exact) mass is 292 g/mol. The van der Waals surface area contributed by atoms with Gasteiger partial charge in [-0.15, -0.1) is 0 Å². The first-order valence-electron chi connectivity index (χ1n) is 6.64. The molecule has 7 nitrogen and oxygen atoms in total. The van der Waals surface area contributed by atoms with Crippen LogP contribution in [0.4, 0.5) is 5.69 Å². The summed E-state index contributed by atoms with van der Waals surface area (Å²) in [5.74, 6) is -0.801. The predicted octanol–water partition coefficient (Wildman–Crippen LogP) is 2.95. The zero-order valence-electron chi connectivity index (χ0n) is 12.1. The van der Waals surface area contributed by atoms with Crippen molar-refractivity contribution in [3.8, 4) is 5.88 Å². The minimum absolute atomic E-state index is 0.0498. The van der Waals surface area contributed by atoms with E-state index in [0.717, 1.165) is 24.0 Å². The van der Waals surface area contributed by atoms with Crippen LogP contribution in [0.1, 0.15) is 13.8 Å². The summed E-state index contributed by atoms with van der Waals surface area (Å²) in [7, 11) is 0. The molecule has 0 aliphatic heterocycles. The number of aliphatic carboxylic acids is 1. The van der Waals surface area contributed by atoms with Crippen molar-refractivity contribution in [2.24, 2.45) is 5.11 Å². The van der Waals surface area contributed by atoms with E-state index in [1.54, 1.807) is 6.07 Å². The number of hydrogen-bond donors (Lipinski definition) is 4. The van der Waals surface area contributed by atoms with Crippen LogP contribution >= 0.6 is 0 Å². The van der Waals surface area contributed by atoms with Crippen LogP contribution in [0.15, 0.2) is 29.4 Å². The lowest BCUT2D eigenvalue weighted by Crippen LogP contribution is -2.29. The number of para-hydroxylation sites is 1. The van der Waals surface area contributed by atoms with Crippen molar-refractivity contribution in [1.82, 2.24) is 9.88 Å². The van der Waals surface area contributed by atoms with E-state index in [2.05, 4.69) is 10.1 Å². The molecule has 0 spiro atoms. The number of likely N-dealkylation sites (N-methyl/N-ethyl adjacent to an activating group) is 1. The van der Waals surface area contributed by atoms with Gasteiger partial charge in [-0.25, -0.2) is 5.53 Å². The number of H-pyrrole nitrogens is 1. The molecular formula is C14H20N4O3. The molecule has 0 amide bonds. The lowest BCUT2D eigenvalue weighted by atomic mass is 10.2. The van der Waals surface area contributed by atoms with Crippen molar-refractivity contribution in [2.45, 2.75) is 13.8 Å². The van der Waals surface area contributed by atoms with Gasteiger partial charge in [-0.2, -0.15) is 5.11 Å². The second kappa shape index (κ2) is 8.01. The Kier molecular flexibility index (Phi) is 6.35. The smallest absolute Gasteiger partial charge is 0.317 e. The number of aromatic nitrogens is 1. The van der Waals surface area contributed by atoms with E-state index in [1.807, 2.05) is 36.9 Å². The topological polar surface area (TPSA) is 113 Å². The van der Waals surface area contributed by atoms with Gasteiger partial charge in [0.15, 0.2) is 5.69 Å². The zero-order valence-corrected chi connectivity index (χ0v) is 12.1. The van der Waals surface area contributed by atoms with Crippen LogP contribution in [-0.4, -0.2) is 45.7 Å². The van der Waals surface area contributed by atoms with Crippen molar-refractivity contribution in [3.63, 3.8) is 0 Å². The van der Waals surface area contributed by atoms with E-state index in [9.17, 15) is 9.90 Å². The number of benzene rings is 1. The highest BCUT2D eigenvalue weighted by Gasteiger charge is 2.07. The second-order valence-corrected chi connectivity index (χ2v) is 4.33. The molecule has 0 atom stereocenters. The van der Waals surface area contributed by atoms with E-state index in [-0.39, 0.29) is 12.4 Å². The number of aromatic hydroxyl groups is 1. The highest BCUT2D eigenvalue weighted by atomic mass is 16.4. The molecule has 1 heterocycles. The number of fused-ring (bicyclic) bond motifs is 1. The third kappa shape index (κ3) is 4.57. The maximum atomic E-state index is 10.1. The molecule has 2 rings (SSSR count). The highest BCUT2D eigenvalue weighted by Crippen LogP contribution is 2.34. The molecule has 0 aliphatic carbocycles. The van der Waals surface area contributed by atoms with Gasteiger partial charge in [0, 0.05) is 5.39 Å². The number of nitrogens with zero attached hydrogens (tertiary/aromatic N) is 2. The SMILES string of the molecule is CCN(CC)CC(=O)O.N=Nc1c(O)[nH]c2ccccc12. The van der Waals surface area contributed by atoms with E-state index < -0.39 is 5.97 Å². The lowest BCUT2D eigenvalue weighted by molar-refractivity contribution is -0.138. The molecule has 0 unspecified atom stereocenters. The molecule has 7 heteroatoms. The normalized spacial score (nSPS) is 10.2. The fourth-order valence-electron chi connectivity index (χ4n) is 1.86. The number of hydrogen-bond acceptors (Lipinski definition) is 5. The Balaban J connectivity index is 0.000000222. The van der Waals surface area contributed by atoms with E-state index in [1.165, 1.54) is 0 Å². The van der Waals surface area contributed by atoms with E-state index in [4.69, 9.17) is 10.6 Å². The van der Waals surface area contributed by atoms with Gasteiger partial charge in [0.05, 0.1) is 12.1 Å². The van der Waals surface area contributed by atoms with Crippen molar-refractivity contribution in [1.29, 1.82) is 5.53 Å². The summed E-state index contributed by atoms with van der Waals surface area (Å²) < 4.78 is 0. The third-order valence-electron chi connectivity index (χ3n) is 3.02. The first-order valence-corrected chi connectivity index (χ1v) is 6.64. The third-order valence-corrected chi connectivity index (χ3v) is 3.02. The van der Waals surface area contributed by atoms with E-state index in [0.29, 0.717) is 5.69 Å². The Bertz CT molecular complexity index is 605. The average molecular weight is 292 g/mol. The van der Waals surface area contributed by atoms with Gasteiger partial charge < -0.3 is 15.2 Å². The molecule has 1 aromatic carbocycles. The summed E-state index contributed by atoms with van der Waals surface area (Å²) >= 11 is 0. The molecule has 4 N–H and O–H groups in total. The Morgan fingerprint density at radius 3 is 2.43 bits per heavy atom. The number of nitrogens with one attached hydrogen (secondary N) is 2. The summed E-state index contributed by atoms with van der Waals surface area (Å²) in [6.45, 7) is 5.68. The van der Waals surface area contributed by atoms with Crippen LogP contribution in [0.3, 0.4) is 0 Å². The van der Waals surface area contributed by atoms with Gasteiger partial charge in [-0.3, -0.25) is 9.69 Å². The van der Waals surface area contributed by atoms with Gasteiger partial charge in [0.1, 0.15) is 0 Å². The van der Waals surface area contributed by atoms with E-state index >= 15 is 0 Å². The summed E-state index contributed by atoms with van der Waals surface area (Å²) in [6, 6.07) is 7.32. The van der Waals surface area contributed by atoms with Crippen molar-refractivity contribution < 1.29 is 15.0 Å². The van der Waals surface area contributed by atoms with Crippen molar-refractivity contribution >= 4 is 22.6 Å². The van der Waals surface area contributed by atoms with Crippen LogP contribution in [0.5, 0.6) is 5.88 Å². The largest absolute Gasteiger partial charge is 0.493 e. The van der Waals surface area contributed by atoms with Gasteiger partial charge in [-0.1, -0.05) is 32.0 Å². The summed E-state index contributed by atoms with van der Waals surface area (Å²) in [6.07, 6.45) is 0. The molecule has 0 bridgehead atoms. The molecule has 1 aromatic heterocycles. The molecule has 114 valence electrons. The van der Waals surface area contributed by atoms with Gasteiger partial charge >= 0.3 is 5.97 Å². The van der Waals surface area contributed by atoms with Gasteiger partial charge in [0.2, 0.25) is 5.88 Å². The van der Waals surface area contributed by atoms with Crippen LogP contribution in [0.2, 0.25) is 0 Å². The van der Waals surface area contributed by atoms with Crippen LogP contribution < -0.4 is 0 Å². The van der Waals surface area contributed by atoms with Crippen molar-refractivity contribution in [2.75, 3.05) is 19.6 Å². The zero-order chi connectivity index (χ0) is 15.8. The standard InChI is InChI=1S/C8H7N3O.C6H13NO2/c9-11-7-5-3-1-2-4-6(5)10-8(7)12;1-3-7(4-2)5-6(8)9/h1-4,9-10,12H;3-5H2,1-2H3,(H,8,9). The maximum Gasteiger partial charge on any atom is 0.317 e. The number of carboxylic acids is 1. The quantitative estimate of drug-likeness (QED) is 0.634. The van der Waals surface area contributed by atoms with Crippen LogP contribution in [0, 0.1) is 5.53 Å². The first-order chi connectivity index (χ1) is 10.0. The molecule has 21 heavy (non-hydrogen) atoms. The number of rotatable bonds is 5. The Labute approximate surface area is 122 Å². The number of aromatic amines is 1. The molecular weight excluding hydrogens is 272 g/mol. The molecule has 0 saturated carbocycles. The summed E-state index contributed by atoms with van der Waals surface area (Å²) in [5.41, 5.74) is 7.92. The Hall–Kier alpha value is -2.41. The fourth-order valence-corrected chi connectivity index (χ4v) is 1.86. The predicted molar refractivity (Wildman–Crippen MR) is 80.2 cm³/mol. The van der Waals surface area contributed by atoms with Crippen molar-refractivity contribution in [3.05, 3.63) is 24.3 Å². The van der Waals surface area contributed by atoms with Gasteiger partial charge in [0.25, 0.3) is 0 Å². The minimum Gasteiger partial charge on any atom is -0.493 e. The molecule has 0 fully saturated rings. The Morgan fingerprint density at radius 2 is 1.95 bits per heavy atom. The highest BCUT2D eigenvalue weighted by molar-refractivity contribution is 5.93. The number of carbonyl (C=O) groups is 1. The average Bonchev–Trinajstić information content (AvgIpc) is 2.80. The minimum atomic E-state index is -0.751. The van der Waals surface area contributed by atoms with Crippen LogP contribution in [0.25, 0.3) is 10.9 Å². The van der Waals surface area contributed by atoms with Gasteiger partial charge in [-0.05, 0) is 19.2 Å². The Morgan fingerprint density at radius 1 is 1.33 bits per heavy atom. The molecule has 2 aromatic rings. The lowest BCUT2D eigenvalue weighted by Gasteiger charge is -2.13. The molecule has 0 saturated heterocycles. The summed E-state index contributed by atoms with van der Waals surface area (Å²) in [5, 5.41) is 21.6. The second-order valence-electron chi connectivity index (χ2n) is 4.33. The summed E-state index contributed by atoms with van der Waals surface area (Å²) in [4.78, 5) is 14.7. The maximum absolute atomic E-state index is 10.1. The van der Waals surface area contributed by atoms with Crippen LogP contribution in [-0.2, 0) is 4.79 Å².